The van der Waals surface area contributed by atoms with E-state index in [1.807, 2.05) is 124 Å². The van der Waals surface area contributed by atoms with E-state index in [-0.39, 0.29) is 51.0 Å². The number of hydrogen-bond donors (Lipinski definition) is 3. The molecule has 0 spiro atoms. The molecule has 18 heteroatoms. The standard InChI is InChI=1S/C26H35BrN2O5Si.C26H36N2O6Si/c1-25(2,3)35(6,7)34-23-18(27)14-13-17-20(29(4)5)21-19(22(30)26(17,23)31)24(28-33-21)32-15-16-11-9-8-10-12-16;1-25(2,3)35(6,7)34-23-18(29)14-13-17-20(28(4)5)21-19(22(30)26(17,23)31)24(27-33-21)32-15-16-11-9-8-10-12-16/h8-14,17-18,20,23,31H,15H2,1-7H3;8-14,17-18,20,23,29,31H,15H2,1-7H3/t17-,18-,20-,23+,26+;17-,18+,20-,23+,26+/m00/s1. The molecule has 0 radical (unpaired) electrons. The lowest BCUT2D eigenvalue weighted by molar-refractivity contribution is -0.126. The number of alkyl halides is 1. The lowest BCUT2D eigenvalue weighted by Gasteiger charge is -2.52. The first-order valence-electron chi connectivity index (χ1n) is 23.8. The highest BCUT2D eigenvalue weighted by Gasteiger charge is 2.66. The van der Waals surface area contributed by atoms with Crippen LogP contribution in [-0.2, 0) is 22.1 Å². The highest BCUT2D eigenvalue weighted by atomic mass is 79.9. The quantitative estimate of drug-likeness (QED) is 0.0693. The number of carbonyl (C=O) groups is 2. The number of fused-ring (bicyclic) bond motifs is 4. The molecular weight excluding hydrogens is 993 g/mol. The molecule has 0 saturated carbocycles. The summed E-state index contributed by atoms with van der Waals surface area (Å²) >= 11 is 3.68. The van der Waals surface area contributed by atoms with E-state index in [2.05, 4.69) is 80.9 Å². The van der Waals surface area contributed by atoms with Crippen molar-refractivity contribution in [3.63, 3.8) is 0 Å². The molecular formula is C52H71BrN4O11Si2. The Labute approximate surface area is 422 Å². The van der Waals surface area contributed by atoms with E-state index in [0.717, 1.165) is 11.1 Å². The largest absolute Gasteiger partial charge is 0.470 e. The van der Waals surface area contributed by atoms with Crippen molar-refractivity contribution in [1.29, 1.82) is 0 Å². The molecule has 3 N–H and O–H groups in total. The van der Waals surface area contributed by atoms with Crippen molar-refractivity contribution < 1.29 is 52.3 Å². The van der Waals surface area contributed by atoms with Crippen LogP contribution in [0.2, 0.25) is 36.3 Å². The first-order chi connectivity index (χ1) is 32.6. The molecule has 2 aromatic carbocycles. The van der Waals surface area contributed by atoms with Crippen molar-refractivity contribution in [1.82, 2.24) is 20.1 Å². The summed E-state index contributed by atoms with van der Waals surface area (Å²) in [6, 6.07) is 18.2. The van der Waals surface area contributed by atoms with Crippen molar-refractivity contribution in [3.8, 4) is 11.8 Å². The zero-order valence-electron chi connectivity index (χ0n) is 42.9. The second-order valence-electron chi connectivity index (χ2n) is 22.5. The molecule has 0 unspecified atom stereocenters. The third-order valence-electron chi connectivity index (χ3n) is 15.3. The minimum atomic E-state index is -2.47. The van der Waals surface area contributed by atoms with Crippen molar-refractivity contribution >= 4 is 44.1 Å². The van der Waals surface area contributed by atoms with Gasteiger partial charge in [0.25, 0.3) is 11.8 Å². The van der Waals surface area contributed by atoms with Crippen molar-refractivity contribution in [3.05, 3.63) is 119 Å². The topological polar surface area (TPSA) is 190 Å². The molecule has 4 aromatic rings. The number of aliphatic hydroxyl groups is 3. The lowest BCUT2D eigenvalue weighted by atomic mass is 9.64. The number of carbonyl (C=O) groups excluding carboxylic acids is 2. The summed E-state index contributed by atoms with van der Waals surface area (Å²) in [5.41, 5.74) is -1.71. The molecule has 4 aliphatic carbocycles. The maximum atomic E-state index is 14.2. The minimum absolute atomic E-state index is 0.0303. The summed E-state index contributed by atoms with van der Waals surface area (Å²) in [4.78, 5) is 31.7. The zero-order valence-corrected chi connectivity index (χ0v) is 46.5. The van der Waals surface area contributed by atoms with Crippen LogP contribution < -0.4 is 9.47 Å². The Morgan fingerprint density at radius 3 is 1.39 bits per heavy atom. The number of halogens is 1. The second kappa shape index (κ2) is 19.7. The van der Waals surface area contributed by atoms with Crippen LogP contribution in [0, 0.1) is 11.8 Å². The molecule has 2 heterocycles. The number of ketones is 2. The van der Waals surface area contributed by atoms with E-state index in [1.54, 1.807) is 12.2 Å². The average Bonchev–Trinajstić information content (AvgIpc) is 3.90. The summed E-state index contributed by atoms with van der Waals surface area (Å²) in [5.74, 6) is -1.49. The Balaban J connectivity index is 0.000000206. The predicted octanol–water partition coefficient (Wildman–Crippen LogP) is 8.84. The first-order valence-corrected chi connectivity index (χ1v) is 30.5. The van der Waals surface area contributed by atoms with E-state index in [1.165, 1.54) is 0 Å². The maximum absolute atomic E-state index is 14.2. The SMILES string of the molecule is CN(C)[C@@H]1c2onc(OCc3ccccc3)c2C(=O)[C@@]2(O)[C@H](O[Si](C)(C)C(C)(C)C)[C@@H](Br)C=C[C@@H]12.CN(C)[C@@H]1c2onc(OCc3ccccc3)c2C(=O)[C@@]2(O)[C@H](O[Si](C)(C)C(C)(C)C)[C@H](O)C=C[C@@H]12. The fourth-order valence-corrected chi connectivity index (χ4v) is 12.8. The fourth-order valence-electron chi connectivity index (χ4n) is 9.28. The van der Waals surface area contributed by atoms with Crippen LogP contribution in [0.1, 0.15) is 97.0 Å². The van der Waals surface area contributed by atoms with Crippen LogP contribution in [0.25, 0.3) is 0 Å². The van der Waals surface area contributed by atoms with E-state index in [9.17, 15) is 24.9 Å². The van der Waals surface area contributed by atoms with Gasteiger partial charge in [0.1, 0.15) is 36.5 Å². The fraction of sp³-hybridized carbons (Fsp3) is 0.538. The highest BCUT2D eigenvalue weighted by molar-refractivity contribution is 9.09. The summed E-state index contributed by atoms with van der Waals surface area (Å²) < 4.78 is 36.5. The van der Waals surface area contributed by atoms with Gasteiger partial charge in [-0.2, -0.15) is 0 Å². The smallest absolute Gasteiger partial charge is 0.265 e. The van der Waals surface area contributed by atoms with Crippen LogP contribution >= 0.6 is 15.9 Å². The Bertz CT molecular complexity index is 2390. The van der Waals surface area contributed by atoms with Crippen LogP contribution in [0.5, 0.6) is 11.8 Å². The molecule has 10 atom stereocenters. The molecule has 70 heavy (non-hydrogen) atoms. The summed E-state index contributed by atoms with van der Waals surface area (Å²) in [6.07, 6.45) is 4.09. The normalized spacial score (nSPS) is 28.7. The number of Topliss-reactive ketones (excluding diaryl/α,β-unsaturated/α-hetero) is 2. The van der Waals surface area contributed by atoms with E-state index >= 15 is 0 Å². The van der Waals surface area contributed by atoms with Gasteiger partial charge < -0.3 is 42.7 Å². The Morgan fingerprint density at radius 2 is 1.00 bits per heavy atom. The summed E-state index contributed by atoms with van der Waals surface area (Å²) in [5, 5.41) is 43.4. The van der Waals surface area contributed by atoms with Gasteiger partial charge in [-0.25, -0.2) is 0 Å². The molecule has 0 aliphatic heterocycles. The number of nitrogens with zero attached hydrogens (tertiary/aromatic N) is 4. The third kappa shape index (κ3) is 9.65. The third-order valence-corrected chi connectivity index (χ3v) is 25.0. The van der Waals surface area contributed by atoms with Crippen LogP contribution in [0.3, 0.4) is 0 Å². The highest BCUT2D eigenvalue weighted by Crippen LogP contribution is 2.54. The van der Waals surface area contributed by atoms with Gasteiger partial charge in [-0.05, 0) is 85.9 Å². The van der Waals surface area contributed by atoms with E-state index in [4.69, 9.17) is 27.4 Å². The Hall–Kier alpha value is -4.09. The number of aromatic nitrogens is 2. The molecule has 2 aromatic heterocycles. The number of aliphatic hydroxyl groups excluding tert-OH is 1. The van der Waals surface area contributed by atoms with Gasteiger partial charge in [0, 0.05) is 11.8 Å². The minimum Gasteiger partial charge on any atom is -0.470 e. The van der Waals surface area contributed by atoms with Gasteiger partial charge >= 0.3 is 0 Å². The predicted molar refractivity (Wildman–Crippen MR) is 274 cm³/mol. The molecule has 8 rings (SSSR count). The van der Waals surface area contributed by atoms with Crippen LogP contribution in [0.4, 0.5) is 0 Å². The van der Waals surface area contributed by atoms with Gasteiger partial charge in [0.2, 0.25) is 11.6 Å². The van der Waals surface area contributed by atoms with Crippen molar-refractivity contribution in [2.45, 2.75) is 137 Å². The van der Waals surface area contributed by atoms with E-state index in [0.29, 0.717) is 11.5 Å². The number of hydrogen-bond acceptors (Lipinski definition) is 15. The van der Waals surface area contributed by atoms with Crippen LogP contribution in [0.15, 0.2) is 94.0 Å². The van der Waals surface area contributed by atoms with Crippen molar-refractivity contribution in [2.75, 3.05) is 28.2 Å². The van der Waals surface area contributed by atoms with Gasteiger partial charge in [-0.15, -0.1) is 0 Å². The van der Waals surface area contributed by atoms with Crippen molar-refractivity contribution in [2.24, 2.45) is 11.8 Å². The Kier molecular flexibility index (Phi) is 15.1. The molecule has 380 valence electrons. The summed E-state index contributed by atoms with van der Waals surface area (Å²) in [6.45, 7) is 21.4. The molecule has 0 saturated heterocycles. The number of rotatable bonds is 12. The molecule has 0 fully saturated rings. The summed E-state index contributed by atoms with van der Waals surface area (Å²) in [7, 11) is 2.67. The number of ether oxygens (including phenoxy) is 2. The van der Waals surface area contributed by atoms with Gasteiger partial charge in [-0.1, -0.05) is 142 Å². The average molecular weight is 1060 g/mol. The monoisotopic (exact) mass is 1060 g/mol. The Morgan fingerprint density at radius 1 is 0.629 bits per heavy atom. The van der Waals surface area contributed by atoms with Gasteiger partial charge in [-0.3, -0.25) is 19.4 Å². The second-order valence-corrected chi connectivity index (χ2v) is 33.1. The molecule has 15 nitrogen and oxygen atoms in total. The number of benzene rings is 2. The van der Waals surface area contributed by atoms with Crippen LogP contribution in [-0.4, -0.2) is 126 Å². The van der Waals surface area contributed by atoms with Gasteiger partial charge in [0.15, 0.2) is 39.4 Å². The zero-order chi connectivity index (χ0) is 51.5. The first kappa shape index (κ1) is 53.7. The molecule has 0 amide bonds. The molecule has 0 bridgehead atoms. The van der Waals surface area contributed by atoms with Gasteiger partial charge in [0.05, 0.1) is 23.0 Å². The lowest BCUT2D eigenvalue weighted by Crippen LogP contribution is -2.67. The maximum Gasteiger partial charge on any atom is 0.265 e. The van der Waals surface area contributed by atoms with E-state index < -0.39 is 81.6 Å². The molecule has 4 aliphatic rings.